The van der Waals surface area contributed by atoms with E-state index in [1.165, 1.54) is 5.56 Å². The molecular weight excluding hydrogens is 438 g/mol. The first-order valence-corrected chi connectivity index (χ1v) is 11.7. The number of ether oxygens (including phenoxy) is 3. The zero-order valence-corrected chi connectivity index (χ0v) is 20.5. The Morgan fingerprint density at radius 1 is 0.829 bits per heavy atom. The van der Waals surface area contributed by atoms with E-state index in [-0.39, 0.29) is 11.8 Å². The maximum absolute atomic E-state index is 13.7. The molecule has 5 nitrogen and oxygen atoms in total. The molecule has 1 atom stereocenters. The van der Waals surface area contributed by atoms with Crippen molar-refractivity contribution in [2.75, 3.05) is 26.2 Å². The molecule has 0 aliphatic carbocycles. The fourth-order valence-electron chi connectivity index (χ4n) is 5.20. The van der Waals surface area contributed by atoms with Crippen LogP contribution in [0.15, 0.2) is 72.8 Å². The molecule has 0 fully saturated rings. The largest absolute Gasteiger partial charge is 0.493 e. The van der Waals surface area contributed by atoms with Gasteiger partial charge in [0, 0.05) is 23.6 Å². The summed E-state index contributed by atoms with van der Waals surface area (Å²) in [7, 11) is 4.83. The Hall–Kier alpha value is -3.99. The van der Waals surface area contributed by atoms with E-state index in [0.717, 1.165) is 33.2 Å². The molecule has 0 N–H and O–H groups in total. The molecule has 1 aliphatic heterocycles. The highest BCUT2D eigenvalue weighted by molar-refractivity contribution is 6.03. The van der Waals surface area contributed by atoms with Gasteiger partial charge in [-0.2, -0.15) is 0 Å². The first kappa shape index (κ1) is 22.8. The lowest BCUT2D eigenvalue weighted by Gasteiger charge is -2.36. The molecule has 0 saturated carbocycles. The second kappa shape index (κ2) is 9.34. The zero-order valence-electron chi connectivity index (χ0n) is 20.5. The number of amides is 1. The molecule has 35 heavy (non-hydrogen) atoms. The van der Waals surface area contributed by atoms with E-state index in [0.29, 0.717) is 30.2 Å². The van der Waals surface area contributed by atoms with Crippen LogP contribution in [0.25, 0.3) is 10.8 Å². The Bertz CT molecular complexity index is 1410. The topological polar surface area (TPSA) is 48.0 Å². The third-order valence-corrected chi connectivity index (χ3v) is 6.97. The van der Waals surface area contributed by atoms with Gasteiger partial charge in [0.15, 0.2) is 11.5 Å². The Morgan fingerprint density at radius 2 is 1.57 bits per heavy atom. The van der Waals surface area contributed by atoms with E-state index >= 15 is 0 Å². The summed E-state index contributed by atoms with van der Waals surface area (Å²) in [6, 6.07) is 24.6. The lowest BCUT2D eigenvalue weighted by molar-refractivity contribution is -0.119. The zero-order chi connectivity index (χ0) is 24.5. The van der Waals surface area contributed by atoms with Crippen molar-refractivity contribution in [1.82, 2.24) is 0 Å². The van der Waals surface area contributed by atoms with Crippen molar-refractivity contribution in [3.05, 3.63) is 95.1 Å². The van der Waals surface area contributed by atoms with E-state index < -0.39 is 0 Å². The maximum atomic E-state index is 13.7. The Labute approximate surface area is 205 Å². The molecule has 0 bridgehead atoms. The number of benzene rings is 4. The monoisotopic (exact) mass is 467 g/mol. The van der Waals surface area contributed by atoms with Gasteiger partial charge in [-0.05, 0) is 46.5 Å². The van der Waals surface area contributed by atoms with E-state index in [1.54, 1.807) is 21.3 Å². The number of nitrogens with zero attached hydrogens (tertiary/aromatic N) is 1. The molecule has 0 radical (unpaired) electrons. The summed E-state index contributed by atoms with van der Waals surface area (Å²) in [6.07, 6.45) is 0.332. The summed E-state index contributed by atoms with van der Waals surface area (Å²) < 4.78 is 17.0. The highest BCUT2D eigenvalue weighted by atomic mass is 16.5. The van der Waals surface area contributed by atoms with E-state index in [9.17, 15) is 4.79 Å². The quantitative estimate of drug-likeness (QED) is 0.337. The summed E-state index contributed by atoms with van der Waals surface area (Å²) in [4.78, 5) is 15.6. The third-order valence-electron chi connectivity index (χ3n) is 6.97. The average Bonchev–Trinajstić information content (AvgIpc) is 2.89. The van der Waals surface area contributed by atoms with Crippen LogP contribution >= 0.6 is 0 Å². The normalized spacial score (nSPS) is 15.1. The molecule has 5 heteroatoms. The van der Waals surface area contributed by atoms with Gasteiger partial charge in [0.2, 0.25) is 11.7 Å². The number of carbonyl (C=O) groups is 1. The predicted octanol–water partition coefficient (Wildman–Crippen LogP) is 6.24. The average molecular weight is 468 g/mol. The van der Waals surface area contributed by atoms with Crippen molar-refractivity contribution >= 4 is 22.4 Å². The van der Waals surface area contributed by atoms with Gasteiger partial charge in [-0.3, -0.25) is 4.79 Å². The van der Waals surface area contributed by atoms with Crippen LogP contribution < -0.4 is 19.1 Å². The lowest BCUT2D eigenvalue weighted by Crippen LogP contribution is -2.37. The Kier molecular flexibility index (Phi) is 6.08. The SMILES string of the molecule is COc1ccc(C2CC(=O)N(Cc3ccccc3C)c3ccc4ccccc4c32)c(OC)c1OC. The molecular formula is C30H29NO4. The van der Waals surface area contributed by atoms with Crippen LogP contribution in [0.4, 0.5) is 5.69 Å². The second-order valence-electron chi connectivity index (χ2n) is 8.81. The lowest BCUT2D eigenvalue weighted by atomic mass is 9.80. The second-order valence-corrected chi connectivity index (χ2v) is 8.81. The standard InChI is InChI=1S/C30H29NO4/c1-19-9-5-6-11-21(19)18-31-25-15-13-20-10-7-8-12-22(20)28(25)24(17-27(31)32)23-14-16-26(33-2)30(35-4)29(23)34-3/h5-16,24H,17-18H2,1-4H3. The molecule has 0 aromatic heterocycles. The maximum Gasteiger partial charge on any atom is 0.228 e. The van der Waals surface area contributed by atoms with E-state index in [1.807, 2.05) is 41.3 Å². The number of hydrogen-bond donors (Lipinski definition) is 0. The minimum Gasteiger partial charge on any atom is -0.493 e. The first-order chi connectivity index (χ1) is 17.1. The van der Waals surface area contributed by atoms with Gasteiger partial charge >= 0.3 is 0 Å². The molecule has 4 aromatic rings. The molecule has 0 saturated heterocycles. The summed E-state index contributed by atoms with van der Waals surface area (Å²) in [6.45, 7) is 2.62. The minimum absolute atomic E-state index is 0.0814. The number of rotatable bonds is 6. The molecule has 1 unspecified atom stereocenters. The summed E-state index contributed by atoms with van der Waals surface area (Å²) in [5, 5.41) is 2.27. The van der Waals surface area contributed by atoms with Crippen LogP contribution in [0.1, 0.15) is 34.6 Å². The van der Waals surface area contributed by atoms with Crippen molar-refractivity contribution in [2.24, 2.45) is 0 Å². The van der Waals surface area contributed by atoms with Crippen LogP contribution in [-0.4, -0.2) is 27.2 Å². The van der Waals surface area contributed by atoms with Crippen molar-refractivity contribution in [3.8, 4) is 17.2 Å². The number of carbonyl (C=O) groups excluding carboxylic acids is 1. The van der Waals surface area contributed by atoms with Crippen LogP contribution in [0, 0.1) is 6.92 Å². The summed E-state index contributed by atoms with van der Waals surface area (Å²) in [5.41, 5.74) is 5.28. The Morgan fingerprint density at radius 3 is 2.31 bits per heavy atom. The van der Waals surface area contributed by atoms with Gasteiger partial charge in [-0.1, -0.05) is 60.7 Å². The van der Waals surface area contributed by atoms with E-state index in [4.69, 9.17) is 14.2 Å². The molecule has 4 aromatic carbocycles. The van der Waals surface area contributed by atoms with E-state index in [2.05, 4.69) is 43.3 Å². The fraction of sp³-hybridized carbons (Fsp3) is 0.233. The molecule has 1 amide bonds. The van der Waals surface area contributed by atoms with Gasteiger partial charge in [0.05, 0.1) is 27.9 Å². The number of hydrogen-bond acceptors (Lipinski definition) is 4. The first-order valence-electron chi connectivity index (χ1n) is 11.7. The molecule has 0 spiro atoms. The van der Waals surface area contributed by atoms with Gasteiger partial charge < -0.3 is 19.1 Å². The fourth-order valence-corrected chi connectivity index (χ4v) is 5.20. The highest BCUT2D eigenvalue weighted by Gasteiger charge is 2.36. The van der Waals surface area contributed by atoms with Crippen LogP contribution in [0.5, 0.6) is 17.2 Å². The molecule has 1 aliphatic rings. The number of aryl methyl sites for hydroxylation is 1. The number of fused-ring (bicyclic) bond motifs is 3. The minimum atomic E-state index is -0.188. The molecule has 5 rings (SSSR count). The highest BCUT2D eigenvalue weighted by Crippen LogP contribution is 2.50. The van der Waals surface area contributed by atoms with Crippen molar-refractivity contribution in [3.63, 3.8) is 0 Å². The third kappa shape index (κ3) is 3.87. The summed E-state index contributed by atoms with van der Waals surface area (Å²) in [5.74, 6) is 1.61. The Balaban J connectivity index is 1.73. The van der Waals surface area contributed by atoms with Crippen molar-refractivity contribution < 1.29 is 19.0 Å². The van der Waals surface area contributed by atoms with Crippen molar-refractivity contribution in [2.45, 2.75) is 25.8 Å². The number of anilines is 1. The van der Waals surface area contributed by atoms with Gasteiger partial charge in [0.25, 0.3) is 0 Å². The predicted molar refractivity (Wildman–Crippen MR) is 139 cm³/mol. The molecule has 1 heterocycles. The van der Waals surface area contributed by atoms with Gasteiger partial charge in [-0.25, -0.2) is 0 Å². The van der Waals surface area contributed by atoms with Crippen LogP contribution in [-0.2, 0) is 11.3 Å². The van der Waals surface area contributed by atoms with Crippen LogP contribution in [0.3, 0.4) is 0 Å². The number of methoxy groups -OCH3 is 3. The molecule has 178 valence electrons. The van der Waals surface area contributed by atoms with Gasteiger partial charge in [-0.15, -0.1) is 0 Å². The van der Waals surface area contributed by atoms with Crippen molar-refractivity contribution in [1.29, 1.82) is 0 Å². The smallest absolute Gasteiger partial charge is 0.228 e. The summed E-state index contributed by atoms with van der Waals surface area (Å²) >= 11 is 0. The van der Waals surface area contributed by atoms with Gasteiger partial charge in [0.1, 0.15) is 0 Å². The van der Waals surface area contributed by atoms with Crippen LogP contribution in [0.2, 0.25) is 0 Å².